The Hall–Kier alpha value is 0.150. The van der Waals surface area contributed by atoms with Gasteiger partial charge in [0.2, 0.25) is 0 Å². The number of rotatable bonds is 2. The van der Waals surface area contributed by atoms with Crippen LogP contribution in [0, 0.1) is 0 Å². The largest absolute Gasteiger partial charge is 0.373 e. The molecule has 0 saturated carbocycles. The molecule has 0 rings (SSSR count). The number of halogens is 1. The van der Waals surface area contributed by atoms with Gasteiger partial charge in [-0.3, -0.25) is 4.55 Å². The van der Waals surface area contributed by atoms with E-state index >= 15 is 0 Å². The molecule has 0 aromatic rings. The van der Waals surface area contributed by atoms with Crippen molar-refractivity contribution in [2.75, 3.05) is 5.21 Å². The second kappa shape index (κ2) is 2.41. The molecular formula is CH3ClO5S2. The summed E-state index contributed by atoms with van der Waals surface area (Å²) in [7, 11) is -9.55. The minimum absolute atomic E-state index is 1.13. The number of alkyl halides is 1. The fourth-order valence-corrected chi connectivity index (χ4v) is 1.52. The quantitative estimate of drug-likeness (QED) is 0.360. The van der Waals surface area contributed by atoms with Crippen molar-refractivity contribution in [3.05, 3.63) is 0 Å². The molecule has 0 aliphatic heterocycles. The maximum atomic E-state index is 10.1. The van der Waals surface area contributed by atoms with Crippen molar-refractivity contribution in [1.29, 1.82) is 0 Å². The Bertz CT molecular complexity index is 270. The summed E-state index contributed by atoms with van der Waals surface area (Å²) in [4.78, 5) is 0. The summed E-state index contributed by atoms with van der Waals surface area (Å²) in [5, 5.41) is -1.13. The zero-order valence-electron chi connectivity index (χ0n) is 3.98. The van der Waals surface area contributed by atoms with E-state index in [2.05, 4.69) is 11.6 Å². The molecule has 0 fully saturated rings. The van der Waals surface area contributed by atoms with E-state index in [-0.39, 0.29) is 0 Å². The van der Waals surface area contributed by atoms with Gasteiger partial charge >= 0.3 is 9.15 Å². The molecule has 56 valence electrons. The second-order valence-electron chi connectivity index (χ2n) is 1.09. The Morgan fingerprint density at radius 3 is 1.56 bits per heavy atom. The molecule has 0 heterocycles. The molecular weight excluding hydrogens is 192 g/mol. The topological polar surface area (TPSA) is 88.5 Å². The van der Waals surface area contributed by atoms with Crippen LogP contribution in [-0.2, 0) is 18.0 Å². The molecule has 0 aromatic carbocycles. The van der Waals surface area contributed by atoms with Crippen molar-refractivity contribution in [3.8, 4) is 0 Å². The first kappa shape index (κ1) is 9.15. The highest BCUT2D eigenvalue weighted by molar-refractivity contribution is 8.65. The van der Waals surface area contributed by atoms with Crippen LogP contribution < -0.4 is 0 Å². The van der Waals surface area contributed by atoms with Crippen molar-refractivity contribution in [3.63, 3.8) is 0 Å². The van der Waals surface area contributed by atoms with Crippen molar-refractivity contribution in [1.82, 2.24) is 0 Å². The number of hydrogen-bond donors (Lipinski definition) is 1. The normalized spacial score (nSPS) is 13.6. The van der Waals surface area contributed by atoms with E-state index < -0.39 is 23.2 Å². The molecule has 5 nitrogen and oxygen atoms in total. The molecule has 1 N–H and O–H groups in total. The van der Waals surface area contributed by atoms with Gasteiger partial charge in [0.1, 0.15) is 5.21 Å². The summed E-state index contributed by atoms with van der Waals surface area (Å²) in [6, 6.07) is 0. The van der Waals surface area contributed by atoms with E-state index in [4.69, 9.17) is 4.55 Å². The average molecular weight is 195 g/mol. The highest BCUT2D eigenvalue weighted by Crippen LogP contribution is 2.00. The molecule has 0 unspecified atom stereocenters. The van der Waals surface area contributed by atoms with E-state index in [0.29, 0.717) is 0 Å². The predicted octanol–water partition coefficient (Wildman–Crippen LogP) is -0.600. The Kier molecular flexibility index (Phi) is 2.45. The summed E-state index contributed by atoms with van der Waals surface area (Å²) in [5.41, 5.74) is 0. The highest BCUT2D eigenvalue weighted by atomic mass is 35.5. The van der Waals surface area contributed by atoms with Crippen LogP contribution in [0.1, 0.15) is 0 Å². The first-order valence-corrected chi connectivity index (χ1v) is 5.72. The van der Waals surface area contributed by atoms with Crippen LogP contribution in [0.5, 0.6) is 0 Å². The summed E-state index contributed by atoms with van der Waals surface area (Å²) >= 11 is 4.65. The first-order chi connectivity index (χ1) is 3.81. The lowest BCUT2D eigenvalue weighted by atomic mass is 11.9. The highest BCUT2D eigenvalue weighted by Gasteiger charge is 2.24. The fourth-order valence-electron chi connectivity index (χ4n) is 0.0563. The maximum absolute atomic E-state index is 10.1. The summed E-state index contributed by atoms with van der Waals surface area (Å²) in [6.07, 6.45) is 0. The van der Waals surface area contributed by atoms with E-state index in [1.54, 1.807) is 0 Å². The molecule has 0 amide bonds. The molecule has 8 heteroatoms. The van der Waals surface area contributed by atoms with Gasteiger partial charge in [0.25, 0.3) is 8.87 Å². The van der Waals surface area contributed by atoms with Gasteiger partial charge in [0, 0.05) is 0 Å². The predicted molar refractivity (Wildman–Crippen MR) is 31.2 cm³/mol. The summed E-state index contributed by atoms with van der Waals surface area (Å²) < 4.78 is 47.5. The molecule has 0 atom stereocenters. The van der Waals surface area contributed by atoms with Crippen molar-refractivity contribution < 1.29 is 21.4 Å². The Morgan fingerprint density at radius 2 is 1.56 bits per heavy atom. The third kappa shape index (κ3) is 2.09. The van der Waals surface area contributed by atoms with E-state index in [0.717, 1.165) is 0 Å². The third-order valence-corrected chi connectivity index (χ3v) is 4.89. The van der Waals surface area contributed by atoms with Crippen LogP contribution in [0.2, 0.25) is 0 Å². The Morgan fingerprint density at radius 1 is 1.22 bits per heavy atom. The fraction of sp³-hybridized carbons (Fsp3) is 1.00. The van der Waals surface area contributed by atoms with Crippen LogP contribution in [0.3, 0.4) is 0 Å². The van der Waals surface area contributed by atoms with E-state index in [9.17, 15) is 16.8 Å². The van der Waals surface area contributed by atoms with E-state index in [1.807, 2.05) is 0 Å². The Labute approximate surface area is 56.7 Å². The molecule has 0 bridgehead atoms. The lowest BCUT2D eigenvalue weighted by molar-refractivity contribution is 0.493. The van der Waals surface area contributed by atoms with Crippen LogP contribution >= 0.6 is 11.6 Å². The van der Waals surface area contributed by atoms with Gasteiger partial charge in [0.15, 0.2) is 0 Å². The van der Waals surface area contributed by atoms with Crippen molar-refractivity contribution >= 4 is 29.6 Å². The van der Waals surface area contributed by atoms with Crippen molar-refractivity contribution in [2.24, 2.45) is 0 Å². The second-order valence-corrected chi connectivity index (χ2v) is 6.73. The minimum atomic E-state index is -5.01. The molecule has 0 aliphatic carbocycles. The van der Waals surface area contributed by atoms with Gasteiger partial charge in [-0.15, -0.1) is 11.6 Å². The van der Waals surface area contributed by atoms with Crippen LogP contribution in [0.15, 0.2) is 0 Å². The van der Waals surface area contributed by atoms with Gasteiger partial charge in [-0.05, 0) is 0 Å². The van der Waals surface area contributed by atoms with Gasteiger partial charge in [-0.25, -0.2) is 8.42 Å². The molecule has 0 aliphatic rings. The molecule has 0 radical (unpaired) electrons. The standard InChI is InChI=1S/CH3ClO5S2/c2-1-8(3,4)9(5,6)7/h1H2,(H,5,6,7). The first-order valence-electron chi connectivity index (χ1n) is 1.57. The molecule has 0 spiro atoms. The molecule has 0 aromatic heterocycles. The zero-order chi connectivity index (χ0) is 7.71. The minimum Gasteiger partial charge on any atom is -0.274 e. The lowest BCUT2D eigenvalue weighted by Crippen LogP contribution is -2.14. The third-order valence-electron chi connectivity index (χ3n) is 0.455. The maximum Gasteiger partial charge on any atom is 0.373 e. The molecule has 9 heavy (non-hydrogen) atoms. The van der Waals surface area contributed by atoms with Crippen LogP contribution in [0.25, 0.3) is 0 Å². The lowest BCUT2D eigenvalue weighted by Gasteiger charge is -1.90. The Balaban J connectivity index is 5.07. The van der Waals surface area contributed by atoms with Crippen LogP contribution in [-0.4, -0.2) is 26.6 Å². The van der Waals surface area contributed by atoms with Crippen molar-refractivity contribution in [2.45, 2.75) is 0 Å². The smallest absolute Gasteiger partial charge is 0.274 e. The van der Waals surface area contributed by atoms with Gasteiger partial charge in [-0.1, -0.05) is 0 Å². The van der Waals surface area contributed by atoms with Gasteiger partial charge in [-0.2, -0.15) is 8.42 Å². The number of hydrogen-bond acceptors (Lipinski definition) is 4. The summed E-state index contributed by atoms with van der Waals surface area (Å²) in [6.45, 7) is 0. The SMILES string of the molecule is O=S(=O)(O)S(=O)(=O)CCl. The average Bonchev–Trinajstić information content (AvgIpc) is 1.64. The summed E-state index contributed by atoms with van der Waals surface area (Å²) in [5.74, 6) is 0. The van der Waals surface area contributed by atoms with Gasteiger partial charge in [0.05, 0.1) is 0 Å². The van der Waals surface area contributed by atoms with E-state index in [1.165, 1.54) is 0 Å². The van der Waals surface area contributed by atoms with Crippen LogP contribution in [0.4, 0.5) is 0 Å². The molecule has 0 saturated heterocycles. The van der Waals surface area contributed by atoms with Gasteiger partial charge < -0.3 is 0 Å². The zero-order valence-corrected chi connectivity index (χ0v) is 6.37. The monoisotopic (exact) mass is 194 g/mol.